The second-order valence-corrected chi connectivity index (χ2v) is 5.47. The molecule has 118 valence electrons. The van der Waals surface area contributed by atoms with Crippen molar-refractivity contribution in [1.82, 2.24) is 5.32 Å². The Kier molecular flexibility index (Phi) is 4.72. The summed E-state index contributed by atoms with van der Waals surface area (Å²) >= 11 is 0. The molecule has 2 rings (SSSR count). The van der Waals surface area contributed by atoms with E-state index in [2.05, 4.69) is 10.6 Å². The number of nitrogens with one attached hydrogen (secondary N) is 2. The predicted molar refractivity (Wildman–Crippen MR) is 86.1 cm³/mol. The summed E-state index contributed by atoms with van der Waals surface area (Å²) < 4.78 is 5.17. The van der Waals surface area contributed by atoms with E-state index in [-0.39, 0.29) is 12.6 Å². The molecule has 0 bridgehead atoms. The molecule has 0 fully saturated rings. The van der Waals surface area contributed by atoms with Gasteiger partial charge in [0, 0.05) is 14.1 Å². The zero-order valence-electron chi connectivity index (χ0n) is 13.0. The Bertz CT molecular complexity index is 621. The van der Waals surface area contributed by atoms with E-state index in [4.69, 9.17) is 4.42 Å². The standard InChI is InChI=1S/C16H21N3O3/c1-16(21,14-9-6-10-22-14)11-17-15(20)18-12-7-4-5-8-13(12)19(2)3/h4-10,21H,11H2,1-3H3,(H2,17,18,20). The Morgan fingerprint density at radius 2 is 2.00 bits per heavy atom. The minimum atomic E-state index is -1.26. The lowest BCUT2D eigenvalue weighted by molar-refractivity contribution is 0.0372. The molecule has 1 atom stereocenters. The molecule has 22 heavy (non-hydrogen) atoms. The smallest absolute Gasteiger partial charge is 0.319 e. The molecule has 6 nitrogen and oxygen atoms in total. The average Bonchev–Trinajstić information content (AvgIpc) is 3.01. The van der Waals surface area contributed by atoms with Gasteiger partial charge in [-0.3, -0.25) is 0 Å². The number of nitrogens with zero attached hydrogens (tertiary/aromatic N) is 1. The Labute approximate surface area is 129 Å². The van der Waals surface area contributed by atoms with Gasteiger partial charge in [0.05, 0.1) is 24.2 Å². The lowest BCUT2D eigenvalue weighted by Gasteiger charge is -2.22. The Morgan fingerprint density at radius 1 is 1.27 bits per heavy atom. The zero-order valence-corrected chi connectivity index (χ0v) is 13.0. The number of carbonyl (C=O) groups is 1. The quantitative estimate of drug-likeness (QED) is 0.792. The van der Waals surface area contributed by atoms with Gasteiger partial charge in [-0.2, -0.15) is 0 Å². The Morgan fingerprint density at radius 3 is 2.64 bits per heavy atom. The number of benzene rings is 1. The summed E-state index contributed by atoms with van der Waals surface area (Å²) in [7, 11) is 3.81. The molecule has 0 spiro atoms. The van der Waals surface area contributed by atoms with Crippen LogP contribution >= 0.6 is 0 Å². The second-order valence-electron chi connectivity index (χ2n) is 5.47. The highest BCUT2D eigenvalue weighted by Crippen LogP contribution is 2.23. The highest BCUT2D eigenvalue weighted by Gasteiger charge is 2.26. The van der Waals surface area contributed by atoms with Gasteiger partial charge in [0.15, 0.2) is 0 Å². The number of aliphatic hydroxyl groups is 1. The summed E-state index contributed by atoms with van der Waals surface area (Å²) in [5.41, 5.74) is 0.333. The number of hydrogen-bond acceptors (Lipinski definition) is 4. The van der Waals surface area contributed by atoms with Crippen molar-refractivity contribution in [1.29, 1.82) is 0 Å². The number of para-hydroxylation sites is 2. The van der Waals surface area contributed by atoms with Crippen molar-refractivity contribution in [3.63, 3.8) is 0 Å². The molecule has 1 heterocycles. The number of urea groups is 1. The third-order valence-electron chi connectivity index (χ3n) is 3.28. The van der Waals surface area contributed by atoms with Crippen molar-refractivity contribution >= 4 is 17.4 Å². The van der Waals surface area contributed by atoms with Crippen molar-refractivity contribution in [3.8, 4) is 0 Å². The first-order chi connectivity index (χ1) is 10.4. The topological polar surface area (TPSA) is 77.7 Å². The molecular formula is C16H21N3O3. The summed E-state index contributed by atoms with van der Waals surface area (Å²) in [5, 5.41) is 15.7. The molecule has 6 heteroatoms. The SMILES string of the molecule is CN(C)c1ccccc1NC(=O)NCC(C)(O)c1ccco1. The minimum Gasteiger partial charge on any atom is -0.466 e. The van der Waals surface area contributed by atoms with E-state index in [1.54, 1.807) is 19.1 Å². The average molecular weight is 303 g/mol. The van der Waals surface area contributed by atoms with Gasteiger partial charge >= 0.3 is 6.03 Å². The molecule has 0 aliphatic rings. The number of amides is 2. The van der Waals surface area contributed by atoms with Crippen molar-refractivity contribution in [3.05, 3.63) is 48.4 Å². The van der Waals surface area contributed by atoms with Gasteiger partial charge in [-0.15, -0.1) is 0 Å². The zero-order chi connectivity index (χ0) is 16.2. The van der Waals surface area contributed by atoms with Crippen LogP contribution < -0.4 is 15.5 Å². The third kappa shape index (κ3) is 3.79. The maximum absolute atomic E-state index is 12.0. The molecule has 2 amide bonds. The van der Waals surface area contributed by atoms with E-state index in [1.807, 2.05) is 43.3 Å². The molecule has 0 saturated heterocycles. The van der Waals surface area contributed by atoms with Crippen LogP contribution in [0, 0.1) is 0 Å². The lowest BCUT2D eigenvalue weighted by Crippen LogP contribution is -2.40. The molecule has 0 radical (unpaired) electrons. The molecule has 1 aromatic carbocycles. The van der Waals surface area contributed by atoms with Crippen molar-refractivity contribution in [2.24, 2.45) is 0 Å². The van der Waals surface area contributed by atoms with Crippen LogP contribution in [0.3, 0.4) is 0 Å². The molecule has 1 unspecified atom stereocenters. The fourth-order valence-electron chi connectivity index (χ4n) is 2.06. The summed E-state index contributed by atoms with van der Waals surface area (Å²) in [6.07, 6.45) is 1.48. The summed E-state index contributed by atoms with van der Waals surface area (Å²) in [6.45, 7) is 1.62. The van der Waals surface area contributed by atoms with Crippen LogP contribution in [0.15, 0.2) is 47.1 Å². The first-order valence-corrected chi connectivity index (χ1v) is 6.98. The van der Waals surface area contributed by atoms with Crippen molar-refractivity contribution in [2.45, 2.75) is 12.5 Å². The van der Waals surface area contributed by atoms with Crippen LogP contribution in [0.4, 0.5) is 16.2 Å². The van der Waals surface area contributed by atoms with Crippen LogP contribution in [0.5, 0.6) is 0 Å². The van der Waals surface area contributed by atoms with Crippen LogP contribution in [-0.4, -0.2) is 31.8 Å². The van der Waals surface area contributed by atoms with E-state index in [0.717, 1.165) is 5.69 Å². The normalized spacial score (nSPS) is 13.3. The van der Waals surface area contributed by atoms with Crippen LogP contribution in [0.2, 0.25) is 0 Å². The summed E-state index contributed by atoms with van der Waals surface area (Å²) in [4.78, 5) is 13.9. The van der Waals surface area contributed by atoms with Crippen LogP contribution in [0.25, 0.3) is 0 Å². The maximum atomic E-state index is 12.0. The number of carbonyl (C=O) groups excluding carboxylic acids is 1. The highest BCUT2D eigenvalue weighted by atomic mass is 16.4. The van der Waals surface area contributed by atoms with Crippen LogP contribution in [-0.2, 0) is 5.60 Å². The summed E-state index contributed by atoms with van der Waals surface area (Å²) in [6, 6.07) is 10.5. The van der Waals surface area contributed by atoms with E-state index >= 15 is 0 Å². The molecule has 0 aliphatic heterocycles. The van der Waals surface area contributed by atoms with Crippen molar-refractivity contribution in [2.75, 3.05) is 30.9 Å². The Hall–Kier alpha value is -2.47. The van der Waals surface area contributed by atoms with E-state index in [1.165, 1.54) is 6.26 Å². The van der Waals surface area contributed by atoms with E-state index < -0.39 is 5.60 Å². The number of rotatable bonds is 5. The third-order valence-corrected chi connectivity index (χ3v) is 3.28. The number of anilines is 2. The predicted octanol–water partition coefficient (Wildman–Crippen LogP) is 2.37. The highest BCUT2D eigenvalue weighted by molar-refractivity contribution is 5.93. The molecular weight excluding hydrogens is 282 g/mol. The fourth-order valence-corrected chi connectivity index (χ4v) is 2.06. The van der Waals surface area contributed by atoms with Gasteiger partial charge in [-0.1, -0.05) is 12.1 Å². The minimum absolute atomic E-state index is 0.0382. The molecule has 0 aliphatic carbocycles. The molecule has 2 aromatic rings. The number of hydrogen-bond donors (Lipinski definition) is 3. The van der Waals surface area contributed by atoms with Gasteiger partial charge in [-0.25, -0.2) is 4.79 Å². The van der Waals surface area contributed by atoms with Gasteiger partial charge in [0.1, 0.15) is 11.4 Å². The monoisotopic (exact) mass is 303 g/mol. The van der Waals surface area contributed by atoms with Crippen molar-refractivity contribution < 1.29 is 14.3 Å². The van der Waals surface area contributed by atoms with Gasteiger partial charge in [-0.05, 0) is 31.2 Å². The molecule has 1 aromatic heterocycles. The number of furan rings is 1. The van der Waals surface area contributed by atoms with E-state index in [0.29, 0.717) is 11.4 Å². The fraction of sp³-hybridized carbons (Fsp3) is 0.312. The van der Waals surface area contributed by atoms with Gasteiger partial charge in [0.2, 0.25) is 0 Å². The molecule has 0 saturated carbocycles. The lowest BCUT2D eigenvalue weighted by atomic mass is 10.0. The Balaban J connectivity index is 1.97. The second kappa shape index (κ2) is 6.53. The molecule has 3 N–H and O–H groups in total. The largest absolute Gasteiger partial charge is 0.466 e. The van der Waals surface area contributed by atoms with E-state index in [9.17, 15) is 9.90 Å². The summed E-state index contributed by atoms with van der Waals surface area (Å²) in [5.74, 6) is 0.404. The van der Waals surface area contributed by atoms with Gasteiger partial charge < -0.3 is 25.1 Å². The van der Waals surface area contributed by atoms with Gasteiger partial charge in [0.25, 0.3) is 0 Å². The first-order valence-electron chi connectivity index (χ1n) is 6.98. The maximum Gasteiger partial charge on any atom is 0.319 e. The van der Waals surface area contributed by atoms with Crippen LogP contribution in [0.1, 0.15) is 12.7 Å². The first kappa shape index (κ1) is 15.9.